The van der Waals surface area contributed by atoms with Gasteiger partial charge in [0.1, 0.15) is 0 Å². The van der Waals surface area contributed by atoms with Gasteiger partial charge in [0.25, 0.3) is 0 Å². The molecule has 6 heteroatoms. The fraction of sp³-hybridized carbons (Fsp3) is 0.357. The van der Waals surface area contributed by atoms with E-state index in [-0.39, 0.29) is 5.41 Å². The summed E-state index contributed by atoms with van der Waals surface area (Å²) in [4.78, 5) is 2.41. The molecule has 0 N–H and O–H groups in total. The second-order valence-corrected chi connectivity index (χ2v) is 10.1. The van der Waals surface area contributed by atoms with Crippen LogP contribution in [0.1, 0.15) is 38.3 Å². The van der Waals surface area contributed by atoms with Gasteiger partial charge in [-0.25, -0.2) is 0 Å². The Morgan fingerprint density at radius 1 is 1.00 bits per heavy atom. The molecule has 5 rings (SSSR count). The van der Waals surface area contributed by atoms with Gasteiger partial charge in [0, 0.05) is 0 Å². The molecular weight excluding hydrogens is 509 g/mol. The topological polar surface area (TPSA) is 30.9 Å². The first-order chi connectivity index (χ1) is 16.5. The van der Waals surface area contributed by atoms with Crippen molar-refractivity contribution in [2.75, 3.05) is 26.4 Å². The quantitative estimate of drug-likeness (QED) is 0.366. The number of benzene rings is 2. The molecule has 2 aromatic rings. The van der Waals surface area contributed by atoms with Crippen LogP contribution in [0.2, 0.25) is 0 Å². The zero-order valence-electron chi connectivity index (χ0n) is 19.8. The summed E-state index contributed by atoms with van der Waals surface area (Å²) in [6, 6.07) is 21.0. The minimum absolute atomic E-state index is 0.332. The zero-order valence-corrected chi connectivity index (χ0v) is 22.3. The van der Waals surface area contributed by atoms with Crippen LogP contribution >= 0.6 is 12.2 Å². The minimum atomic E-state index is -0.634. The normalized spacial score (nSPS) is 25.4. The molecule has 2 heterocycles. The molecular formula is C28H29NO3SSe. The second kappa shape index (κ2) is 9.08. The number of nitrogens with zero attached hydrogens (tertiary/aromatic N) is 1. The molecule has 2 unspecified atom stereocenters. The number of hydrogen-bond donors (Lipinski definition) is 0. The Hall–Kier alpha value is -2.24. The molecule has 0 aromatic heterocycles. The molecule has 0 amide bonds. The molecule has 0 bridgehead atoms. The third-order valence-electron chi connectivity index (χ3n) is 7.09. The first kappa shape index (κ1) is 23.5. The van der Waals surface area contributed by atoms with Gasteiger partial charge in [-0.05, 0) is 0 Å². The van der Waals surface area contributed by atoms with Gasteiger partial charge in [-0.3, -0.25) is 0 Å². The van der Waals surface area contributed by atoms with Gasteiger partial charge in [0.05, 0.1) is 0 Å². The van der Waals surface area contributed by atoms with Crippen molar-refractivity contribution in [2.24, 2.45) is 5.41 Å². The molecule has 34 heavy (non-hydrogen) atoms. The van der Waals surface area contributed by atoms with Crippen LogP contribution in [-0.4, -0.2) is 62.2 Å². The van der Waals surface area contributed by atoms with E-state index < -0.39 is 5.72 Å². The molecule has 176 valence electrons. The van der Waals surface area contributed by atoms with E-state index in [2.05, 4.69) is 75.9 Å². The maximum atomic E-state index is 6.75. The van der Waals surface area contributed by atoms with Crippen LogP contribution in [0, 0.1) is 5.41 Å². The molecule has 2 aromatic carbocycles. The summed E-state index contributed by atoms with van der Waals surface area (Å²) in [7, 11) is 0. The molecule has 4 nitrogen and oxygen atoms in total. The van der Waals surface area contributed by atoms with E-state index in [9.17, 15) is 0 Å². The molecule has 1 saturated heterocycles. The van der Waals surface area contributed by atoms with E-state index in [1.165, 1.54) is 11.1 Å². The fourth-order valence-corrected chi connectivity index (χ4v) is 6.95. The Balaban J connectivity index is 1.77. The van der Waals surface area contributed by atoms with Gasteiger partial charge < -0.3 is 0 Å². The van der Waals surface area contributed by atoms with E-state index in [0.29, 0.717) is 24.9 Å². The SMILES string of the molecule is CCOC(=S)C1=C(c2ccccc2)N2CCOC23C(C(=[Se])OCC)=C(c2ccccc2)C3(C)C1. The monoisotopic (exact) mass is 539 g/mol. The number of ether oxygens (including phenoxy) is 3. The van der Waals surface area contributed by atoms with Crippen molar-refractivity contribution < 1.29 is 14.2 Å². The van der Waals surface area contributed by atoms with Gasteiger partial charge in [0.15, 0.2) is 0 Å². The van der Waals surface area contributed by atoms with Crippen molar-refractivity contribution in [3.05, 3.63) is 82.9 Å². The molecule has 0 radical (unpaired) electrons. The average molecular weight is 539 g/mol. The molecule has 1 aliphatic carbocycles. The van der Waals surface area contributed by atoms with Crippen LogP contribution in [0.15, 0.2) is 71.8 Å². The van der Waals surface area contributed by atoms with Crippen molar-refractivity contribution in [3.8, 4) is 0 Å². The predicted octanol–water partition coefficient (Wildman–Crippen LogP) is 5.00. The summed E-state index contributed by atoms with van der Waals surface area (Å²) in [6.07, 6.45) is 0.722. The number of rotatable bonds is 7. The molecule has 3 aliphatic rings. The van der Waals surface area contributed by atoms with Crippen LogP contribution < -0.4 is 0 Å². The van der Waals surface area contributed by atoms with Crippen molar-refractivity contribution in [3.63, 3.8) is 0 Å². The first-order valence-corrected chi connectivity index (χ1v) is 13.1. The van der Waals surface area contributed by atoms with E-state index in [0.717, 1.165) is 40.0 Å². The Bertz CT molecular complexity index is 1190. The summed E-state index contributed by atoms with van der Waals surface area (Å²) in [5.74, 6) is 0. The first-order valence-electron chi connectivity index (χ1n) is 11.8. The number of hydrogen-bond acceptors (Lipinski definition) is 5. The van der Waals surface area contributed by atoms with Gasteiger partial charge in [-0.1, -0.05) is 0 Å². The Labute approximate surface area is 214 Å². The van der Waals surface area contributed by atoms with Crippen LogP contribution in [0.4, 0.5) is 0 Å². The van der Waals surface area contributed by atoms with Gasteiger partial charge in [-0.15, -0.1) is 0 Å². The fourth-order valence-electron chi connectivity index (χ4n) is 5.91. The van der Waals surface area contributed by atoms with Crippen LogP contribution in [0.25, 0.3) is 11.3 Å². The molecule has 1 spiro atoms. The Kier molecular flexibility index (Phi) is 6.28. The van der Waals surface area contributed by atoms with Crippen molar-refractivity contribution in [2.45, 2.75) is 32.9 Å². The summed E-state index contributed by atoms with van der Waals surface area (Å²) in [5.41, 5.74) is 5.84. The van der Waals surface area contributed by atoms with Crippen molar-refractivity contribution in [1.29, 1.82) is 0 Å². The summed E-state index contributed by atoms with van der Waals surface area (Å²) in [6.45, 7) is 8.82. The number of thiocarbonyl (C=S) groups is 1. The predicted molar refractivity (Wildman–Crippen MR) is 141 cm³/mol. The molecule has 2 atom stereocenters. The van der Waals surface area contributed by atoms with Gasteiger partial charge in [-0.2, -0.15) is 0 Å². The molecule has 2 aliphatic heterocycles. The van der Waals surface area contributed by atoms with Gasteiger partial charge >= 0.3 is 215 Å². The van der Waals surface area contributed by atoms with Crippen molar-refractivity contribution in [1.82, 2.24) is 4.90 Å². The van der Waals surface area contributed by atoms with E-state index in [1.54, 1.807) is 0 Å². The Morgan fingerprint density at radius 2 is 1.62 bits per heavy atom. The van der Waals surface area contributed by atoms with E-state index in [1.807, 2.05) is 26.0 Å². The third kappa shape index (κ3) is 3.27. The van der Waals surface area contributed by atoms with Crippen LogP contribution in [-0.2, 0) is 14.2 Å². The summed E-state index contributed by atoms with van der Waals surface area (Å²) < 4.78 is 19.6. The van der Waals surface area contributed by atoms with Crippen molar-refractivity contribution >= 4 is 48.7 Å². The van der Waals surface area contributed by atoms with Crippen LogP contribution in [0.5, 0.6) is 0 Å². The standard InChI is InChI=1S/C28H29NO3SSe/c1-4-30-25(33)21-18-27(3)22(19-12-8-6-9-13-19)23(26(34)31-5-2)28(27)29(16-17-32-28)24(21)20-14-10-7-11-15-20/h6-15H,4-5,16-18H2,1-3H3. The van der Waals surface area contributed by atoms with E-state index in [4.69, 9.17) is 26.4 Å². The van der Waals surface area contributed by atoms with Crippen LogP contribution in [0.3, 0.4) is 0 Å². The van der Waals surface area contributed by atoms with E-state index >= 15 is 0 Å². The second-order valence-electron chi connectivity index (χ2n) is 8.90. The van der Waals surface area contributed by atoms with Gasteiger partial charge in [0.2, 0.25) is 0 Å². The third-order valence-corrected chi connectivity index (χ3v) is 8.13. The molecule has 0 saturated carbocycles. The summed E-state index contributed by atoms with van der Waals surface area (Å²) >= 11 is 9.06. The average Bonchev–Trinajstić information content (AvgIpc) is 3.30. The summed E-state index contributed by atoms with van der Waals surface area (Å²) in [5, 5.41) is 0.570. The zero-order chi connectivity index (χ0) is 23.9. The maximum absolute atomic E-state index is 6.75. The Morgan fingerprint density at radius 3 is 2.24 bits per heavy atom. The molecule has 1 fully saturated rings.